The zero-order valence-corrected chi connectivity index (χ0v) is 23.3. The highest BCUT2D eigenvalue weighted by atomic mass is 79.9. The number of esters is 1. The van der Waals surface area contributed by atoms with Crippen molar-refractivity contribution in [2.24, 2.45) is 7.05 Å². The molecule has 4 aromatic rings. The van der Waals surface area contributed by atoms with Crippen molar-refractivity contribution in [2.45, 2.75) is 11.8 Å². The maximum absolute atomic E-state index is 13.3. The quantitative estimate of drug-likeness (QED) is 0.225. The summed E-state index contributed by atoms with van der Waals surface area (Å²) in [5, 5.41) is -0.169. The number of anilines is 1. The number of halogens is 2. The molecule has 196 valence electrons. The minimum absolute atomic E-state index is 0.134. The van der Waals surface area contributed by atoms with Crippen LogP contribution in [0.3, 0.4) is 0 Å². The van der Waals surface area contributed by atoms with E-state index in [-0.39, 0.29) is 16.3 Å². The Balaban J connectivity index is 1.58. The largest absolute Gasteiger partial charge is 0.454 e. The van der Waals surface area contributed by atoms with Crippen molar-refractivity contribution in [1.82, 2.24) is 9.36 Å². The van der Waals surface area contributed by atoms with Crippen LogP contribution >= 0.6 is 27.5 Å². The highest BCUT2D eigenvalue weighted by Gasteiger charge is 2.26. The van der Waals surface area contributed by atoms with Crippen LogP contribution < -0.4 is 10.3 Å². The minimum atomic E-state index is -4.40. The summed E-state index contributed by atoms with van der Waals surface area (Å²) in [4.78, 5) is 37.6. The Morgan fingerprint density at radius 3 is 2.29 bits per heavy atom. The second-order valence-electron chi connectivity index (χ2n) is 8.19. The van der Waals surface area contributed by atoms with Crippen LogP contribution in [0.15, 0.2) is 87.0 Å². The number of sulfonamides is 1. The van der Waals surface area contributed by atoms with Gasteiger partial charge in [-0.2, -0.15) is 0 Å². The van der Waals surface area contributed by atoms with Crippen molar-refractivity contribution in [2.75, 3.05) is 11.3 Å². The molecule has 1 aromatic heterocycles. The summed E-state index contributed by atoms with van der Waals surface area (Å²) in [5.74, 6) is -1.34. The molecule has 0 aliphatic carbocycles. The molecule has 0 saturated carbocycles. The van der Waals surface area contributed by atoms with E-state index in [4.69, 9.17) is 16.3 Å². The summed E-state index contributed by atoms with van der Waals surface area (Å²) < 4.78 is 37.6. The van der Waals surface area contributed by atoms with Gasteiger partial charge in [-0.25, -0.2) is 17.9 Å². The van der Waals surface area contributed by atoms with E-state index in [0.29, 0.717) is 16.9 Å². The third-order valence-electron chi connectivity index (χ3n) is 5.75. The van der Waals surface area contributed by atoms with Crippen LogP contribution in [-0.2, 0) is 21.8 Å². The Bertz CT molecular complexity index is 1700. The molecule has 4 rings (SSSR count). The lowest BCUT2D eigenvalue weighted by Gasteiger charge is -2.10. The predicted octanol–water partition coefficient (Wildman–Crippen LogP) is 4.74. The lowest BCUT2D eigenvalue weighted by Crippen LogP contribution is -2.23. The summed E-state index contributed by atoms with van der Waals surface area (Å²) in [7, 11) is -2.77. The van der Waals surface area contributed by atoms with Crippen LogP contribution in [0.25, 0.3) is 5.69 Å². The molecule has 1 heterocycles. The monoisotopic (exact) mass is 617 g/mol. The molecule has 38 heavy (non-hydrogen) atoms. The smallest absolute Gasteiger partial charge is 0.338 e. The van der Waals surface area contributed by atoms with Crippen molar-refractivity contribution in [3.8, 4) is 5.69 Å². The molecule has 0 bridgehead atoms. The first kappa shape index (κ1) is 27.4. The van der Waals surface area contributed by atoms with E-state index in [1.54, 1.807) is 68.6 Å². The van der Waals surface area contributed by atoms with Gasteiger partial charge in [-0.1, -0.05) is 57.9 Å². The number of carbonyl (C=O) groups excluding carboxylic acids is 2. The van der Waals surface area contributed by atoms with Gasteiger partial charge in [0, 0.05) is 17.1 Å². The fourth-order valence-electron chi connectivity index (χ4n) is 3.65. The van der Waals surface area contributed by atoms with Gasteiger partial charge in [0.1, 0.15) is 10.6 Å². The van der Waals surface area contributed by atoms with E-state index in [1.165, 1.54) is 21.5 Å². The van der Waals surface area contributed by atoms with E-state index in [9.17, 15) is 22.8 Å². The third-order valence-corrected chi connectivity index (χ3v) is 8.11. The Kier molecular flexibility index (Phi) is 7.91. The molecule has 0 amide bonds. The summed E-state index contributed by atoms with van der Waals surface area (Å²) >= 11 is 9.44. The highest BCUT2D eigenvalue weighted by molar-refractivity contribution is 9.10. The number of nitrogens with zero attached hydrogens (tertiary/aromatic N) is 2. The number of hydrogen-bond acceptors (Lipinski definition) is 6. The number of rotatable bonds is 8. The average Bonchev–Trinajstić information content (AvgIpc) is 3.10. The first-order valence-electron chi connectivity index (χ1n) is 11.1. The van der Waals surface area contributed by atoms with Crippen molar-refractivity contribution in [1.29, 1.82) is 0 Å². The molecule has 0 radical (unpaired) electrons. The Hall–Kier alpha value is -3.67. The molecule has 0 atom stereocenters. The standard InChI is InChI=1S/C26H21BrClN3O6S/c1-16-24(25(33)31(30(16)2)20-6-4-3-5-7-20)29-38(35,36)23-14-18(10-13-21(23)28)26(34)37-15-22(32)17-8-11-19(27)12-9-17/h3-14,29H,15H2,1-2H3. The molecule has 0 aliphatic rings. The van der Waals surface area contributed by atoms with Crippen LogP contribution in [0.1, 0.15) is 26.4 Å². The van der Waals surface area contributed by atoms with Crippen molar-refractivity contribution >= 4 is 55.0 Å². The molecule has 0 unspecified atom stereocenters. The van der Waals surface area contributed by atoms with Gasteiger partial charge in [-0.05, 0) is 49.4 Å². The number of benzene rings is 3. The van der Waals surface area contributed by atoms with Crippen LogP contribution in [0.5, 0.6) is 0 Å². The number of hydrogen-bond donors (Lipinski definition) is 1. The third kappa shape index (κ3) is 5.59. The van der Waals surface area contributed by atoms with Gasteiger partial charge in [0.25, 0.3) is 15.6 Å². The van der Waals surface area contributed by atoms with Crippen molar-refractivity contribution < 1.29 is 22.7 Å². The van der Waals surface area contributed by atoms with Gasteiger partial charge in [0.15, 0.2) is 12.4 Å². The molecular formula is C26H21BrClN3O6S. The first-order chi connectivity index (χ1) is 18.0. The van der Waals surface area contributed by atoms with Crippen LogP contribution in [0.2, 0.25) is 5.02 Å². The van der Waals surface area contributed by atoms with E-state index < -0.39 is 38.8 Å². The van der Waals surface area contributed by atoms with Crippen LogP contribution in [0, 0.1) is 6.92 Å². The van der Waals surface area contributed by atoms with E-state index in [2.05, 4.69) is 20.7 Å². The fourth-order valence-corrected chi connectivity index (χ4v) is 5.55. The molecule has 0 spiro atoms. The summed E-state index contributed by atoms with van der Waals surface area (Å²) in [6.07, 6.45) is 0. The minimum Gasteiger partial charge on any atom is -0.454 e. The molecule has 0 fully saturated rings. The summed E-state index contributed by atoms with van der Waals surface area (Å²) in [5.41, 5.74) is 0.377. The Morgan fingerprint density at radius 2 is 1.63 bits per heavy atom. The zero-order chi connectivity index (χ0) is 27.6. The lowest BCUT2D eigenvalue weighted by molar-refractivity contribution is 0.0474. The number of aromatic nitrogens is 2. The van der Waals surface area contributed by atoms with Crippen molar-refractivity contribution in [3.63, 3.8) is 0 Å². The van der Waals surface area contributed by atoms with Gasteiger partial charge >= 0.3 is 5.97 Å². The van der Waals surface area contributed by atoms with Gasteiger partial charge in [-0.3, -0.25) is 19.0 Å². The van der Waals surface area contributed by atoms with E-state index in [1.807, 2.05) is 0 Å². The SMILES string of the molecule is Cc1c(NS(=O)(=O)c2cc(C(=O)OCC(=O)c3ccc(Br)cc3)ccc2Cl)c(=O)n(-c2ccccc2)n1C. The number of ketones is 1. The molecule has 0 aliphatic heterocycles. The summed E-state index contributed by atoms with van der Waals surface area (Å²) in [6, 6.07) is 18.8. The molecule has 0 saturated heterocycles. The molecular weight excluding hydrogens is 598 g/mol. The van der Waals surface area contributed by atoms with Gasteiger partial charge in [-0.15, -0.1) is 0 Å². The number of Topliss-reactive ketones (excluding diaryl/α,β-unsaturated/α-hetero) is 1. The highest BCUT2D eigenvalue weighted by Crippen LogP contribution is 2.26. The van der Waals surface area contributed by atoms with Gasteiger partial charge < -0.3 is 4.74 Å². The molecule has 9 nitrogen and oxygen atoms in total. The van der Waals surface area contributed by atoms with Crippen molar-refractivity contribution in [3.05, 3.63) is 109 Å². The average molecular weight is 619 g/mol. The first-order valence-corrected chi connectivity index (χ1v) is 13.8. The molecule has 3 aromatic carbocycles. The van der Waals surface area contributed by atoms with Crippen LogP contribution in [-0.4, -0.2) is 36.1 Å². The Labute approximate surface area is 231 Å². The second-order valence-corrected chi connectivity index (χ2v) is 11.2. The zero-order valence-electron chi connectivity index (χ0n) is 20.1. The van der Waals surface area contributed by atoms with E-state index in [0.717, 1.165) is 10.5 Å². The van der Waals surface area contributed by atoms with Gasteiger partial charge in [0.05, 0.1) is 22.0 Å². The Morgan fingerprint density at radius 1 is 1.00 bits per heavy atom. The summed E-state index contributed by atoms with van der Waals surface area (Å²) in [6.45, 7) is 1.06. The number of carbonyl (C=O) groups is 2. The molecule has 12 heteroatoms. The normalized spacial score (nSPS) is 11.3. The predicted molar refractivity (Wildman–Crippen MR) is 147 cm³/mol. The fraction of sp³-hybridized carbons (Fsp3) is 0.115. The van der Waals surface area contributed by atoms with Gasteiger partial charge in [0.2, 0.25) is 0 Å². The number of nitrogens with one attached hydrogen (secondary N) is 1. The maximum atomic E-state index is 13.3. The number of ether oxygens (including phenoxy) is 1. The maximum Gasteiger partial charge on any atom is 0.338 e. The lowest BCUT2D eigenvalue weighted by atomic mass is 10.1. The van der Waals surface area contributed by atoms with Crippen LogP contribution in [0.4, 0.5) is 5.69 Å². The molecule has 1 N–H and O–H groups in total. The number of para-hydroxylation sites is 1. The van der Waals surface area contributed by atoms with E-state index >= 15 is 0 Å². The second kappa shape index (κ2) is 11.0. The topological polar surface area (TPSA) is 116 Å².